The molecule has 1 heterocycles. The van der Waals surface area contributed by atoms with Gasteiger partial charge < -0.3 is 16.0 Å². The third-order valence-electron chi connectivity index (χ3n) is 4.76. The molecule has 25 heavy (non-hydrogen) atoms. The van der Waals surface area contributed by atoms with Crippen molar-refractivity contribution < 1.29 is 13.2 Å². The molecule has 3 rings (SSSR count). The molecule has 2 fully saturated rings. The lowest BCUT2D eigenvalue weighted by atomic mass is 9.98. The molecule has 142 valence electrons. The summed E-state index contributed by atoms with van der Waals surface area (Å²) in [5.41, 5.74) is 7.05. The molecule has 1 saturated heterocycles. The van der Waals surface area contributed by atoms with E-state index in [-0.39, 0.29) is 42.2 Å². The molecule has 1 aromatic rings. The predicted octanol–water partition coefficient (Wildman–Crippen LogP) is 1.97. The fourth-order valence-electron chi connectivity index (χ4n) is 3.24. The molecule has 0 aromatic heterocycles. The molecule has 1 aliphatic heterocycles. The smallest absolute Gasteiger partial charge is 0.244 e. The van der Waals surface area contributed by atoms with Crippen molar-refractivity contribution in [3.05, 3.63) is 24.3 Å². The summed E-state index contributed by atoms with van der Waals surface area (Å²) in [7, 11) is -2.90. The number of hydrogen-bond donors (Lipinski definition) is 2. The number of sulfone groups is 1. The highest BCUT2D eigenvalue weighted by Crippen LogP contribution is 2.29. The van der Waals surface area contributed by atoms with Crippen LogP contribution in [0.1, 0.15) is 25.7 Å². The van der Waals surface area contributed by atoms with E-state index in [9.17, 15) is 13.2 Å². The maximum atomic E-state index is 12.4. The van der Waals surface area contributed by atoms with Crippen LogP contribution >= 0.6 is 24.8 Å². The van der Waals surface area contributed by atoms with Crippen molar-refractivity contribution in [1.29, 1.82) is 0 Å². The zero-order chi connectivity index (χ0) is 16.5. The van der Waals surface area contributed by atoms with Gasteiger partial charge >= 0.3 is 0 Å². The van der Waals surface area contributed by atoms with Crippen molar-refractivity contribution in [3.63, 3.8) is 0 Å². The summed E-state index contributed by atoms with van der Waals surface area (Å²) in [6.45, 7) is 0.973. The molecular weight excluding hydrogens is 385 g/mol. The lowest BCUT2D eigenvalue weighted by molar-refractivity contribution is -0.121. The van der Waals surface area contributed by atoms with Gasteiger partial charge in [-0.1, -0.05) is 18.9 Å². The quantitative estimate of drug-likeness (QED) is 0.795. The lowest BCUT2D eigenvalue weighted by Crippen LogP contribution is -2.48. The van der Waals surface area contributed by atoms with E-state index in [0.29, 0.717) is 18.8 Å². The fourth-order valence-corrected chi connectivity index (χ4v) is 4.44. The van der Waals surface area contributed by atoms with Crippen molar-refractivity contribution >= 4 is 51.9 Å². The van der Waals surface area contributed by atoms with Gasteiger partial charge in [-0.2, -0.15) is 0 Å². The molecule has 1 aromatic carbocycles. The lowest BCUT2D eigenvalue weighted by Gasteiger charge is -2.29. The summed E-state index contributed by atoms with van der Waals surface area (Å²) in [5.74, 6) is 0.221. The zero-order valence-electron chi connectivity index (χ0n) is 13.9. The Morgan fingerprint density at radius 3 is 2.32 bits per heavy atom. The second-order valence-electron chi connectivity index (χ2n) is 6.51. The summed E-state index contributed by atoms with van der Waals surface area (Å²) in [6.07, 6.45) is 3.43. The molecular formula is C16H25Cl2N3O3S. The van der Waals surface area contributed by atoms with Gasteiger partial charge in [-0.3, -0.25) is 4.79 Å². The number of benzene rings is 1. The van der Waals surface area contributed by atoms with Crippen LogP contribution in [-0.2, 0) is 14.6 Å². The highest BCUT2D eigenvalue weighted by Gasteiger charge is 2.37. The number of nitrogens with zero attached hydrogens (tertiary/aromatic N) is 1. The molecule has 2 aliphatic rings. The minimum absolute atomic E-state index is 0. The largest absolute Gasteiger partial charge is 0.369 e. The molecule has 1 aliphatic carbocycles. The first-order chi connectivity index (χ1) is 10.9. The maximum absolute atomic E-state index is 12.4. The van der Waals surface area contributed by atoms with Crippen LogP contribution in [0.4, 0.5) is 11.4 Å². The number of rotatable bonds is 3. The number of amides is 1. The molecule has 3 N–H and O–H groups in total. The van der Waals surface area contributed by atoms with E-state index in [4.69, 9.17) is 5.73 Å². The number of hydrogen-bond acceptors (Lipinski definition) is 5. The van der Waals surface area contributed by atoms with E-state index in [1.807, 2.05) is 29.2 Å². The summed E-state index contributed by atoms with van der Waals surface area (Å²) in [6, 6.07) is 7.52. The Morgan fingerprint density at radius 1 is 1.12 bits per heavy atom. The number of carbonyl (C=O) groups excluding carboxylic acids is 1. The van der Waals surface area contributed by atoms with E-state index in [0.717, 1.165) is 31.4 Å². The number of anilines is 2. The highest BCUT2D eigenvalue weighted by molar-refractivity contribution is 7.91. The SMILES string of the molecule is Cl.Cl.NC1(C(=O)Nc2cccc(N3CCS(=O)(=O)CC3)c2)CCCC1. The van der Waals surface area contributed by atoms with Gasteiger partial charge in [0.05, 0.1) is 17.0 Å². The van der Waals surface area contributed by atoms with Crippen molar-refractivity contribution in [2.75, 3.05) is 34.8 Å². The van der Waals surface area contributed by atoms with Crippen molar-refractivity contribution in [1.82, 2.24) is 0 Å². The van der Waals surface area contributed by atoms with E-state index in [2.05, 4.69) is 5.32 Å². The van der Waals surface area contributed by atoms with Gasteiger partial charge in [0.1, 0.15) is 0 Å². The van der Waals surface area contributed by atoms with Gasteiger partial charge in [0, 0.05) is 24.5 Å². The summed E-state index contributed by atoms with van der Waals surface area (Å²) < 4.78 is 23.0. The van der Waals surface area contributed by atoms with Gasteiger partial charge in [0.2, 0.25) is 5.91 Å². The number of nitrogens with one attached hydrogen (secondary N) is 1. The van der Waals surface area contributed by atoms with Crippen molar-refractivity contribution in [2.24, 2.45) is 5.73 Å². The van der Waals surface area contributed by atoms with E-state index in [1.54, 1.807) is 0 Å². The third kappa shape index (κ3) is 5.23. The molecule has 9 heteroatoms. The molecule has 0 spiro atoms. The normalized spacial score (nSPS) is 20.9. The molecule has 0 bridgehead atoms. The van der Waals surface area contributed by atoms with Gasteiger partial charge in [0.25, 0.3) is 0 Å². The van der Waals surface area contributed by atoms with Crippen LogP contribution in [-0.4, -0.2) is 44.5 Å². The minimum atomic E-state index is -2.90. The second-order valence-corrected chi connectivity index (χ2v) is 8.81. The van der Waals surface area contributed by atoms with Gasteiger partial charge in [-0.05, 0) is 31.0 Å². The summed E-state index contributed by atoms with van der Waals surface area (Å²) in [5, 5.41) is 2.91. The van der Waals surface area contributed by atoms with Crippen LogP contribution in [0.5, 0.6) is 0 Å². The van der Waals surface area contributed by atoms with Gasteiger partial charge in [-0.15, -0.1) is 24.8 Å². The van der Waals surface area contributed by atoms with Crippen LogP contribution in [0.25, 0.3) is 0 Å². The Kier molecular flexibility index (Phi) is 7.55. The monoisotopic (exact) mass is 409 g/mol. The van der Waals surface area contributed by atoms with Crippen LogP contribution in [0.15, 0.2) is 24.3 Å². The number of halogens is 2. The predicted molar refractivity (Wildman–Crippen MR) is 106 cm³/mol. The average molecular weight is 410 g/mol. The van der Waals surface area contributed by atoms with Crippen molar-refractivity contribution in [2.45, 2.75) is 31.2 Å². The Balaban J connectivity index is 0.00000156. The topological polar surface area (TPSA) is 92.5 Å². The Hall–Kier alpha value is -1.02. The van der Waals surface area contributed by atoms with E-state index in [1.165, 1.54) is 0 Å². The second kappa shape index (κ2) is 8.58. The van der Waals surface area contributed by atoms with E-state index < -0.39 is 15.4 Å². The molecule has 0 unspecified atom stereocenters. The first-order valence-electron chi connectivity index (χ1n) is 8.04. The Bertz CT molecular complexity index is 692. The standard InChI is InChI=1S/C16H23N3O3S.2ClH/c17-16(6-1-2-7-16)15(20)18-13-4-3-5-14(12-13)19-8-10-23(21,22)11-9-19;;/h3-5,12H,1-2,6-11,17H2,(H,18,20);2*1H. The Morgan fingerprint density at radius 2 is 1.72 bits per heavy atom. The first kappa shape index (κ1) is 22.0. The molecule has 1 amide bonds. The molecule has 0 radical (unpaired) electrons. The molecule has 6 nitrogen and oxygen atoms in total. The average Bonchev–Trinajstić information content (AvgIpc) is 2.96. The van der Waals surface area contributed by atoms with E-state index >= 15 is 0 Å². The first-order valence-corrected chi connectivity index (χ1v) is 9.86. The van der Waals surface area contributed by atoms with Crippen LogP contribution < -0.4 is 16.0 Å². The number of carbonyl (C=O) groups is 1. The highest BCUT2D eigenvalue weighted by atomic mass is 35.5. The third-order valence-corrected chi connectivity index (χ3v) is 6.37. The van der Waals surface area contributed by atoms with Crippen LogP contribution in [0.3, 0.4) is 0 Å². The fraction of sp³-hybridized carbons (Fsp3) is 0.562. The minimum Gasteiger partial charge on any atom is -0.369 e. The number of nitrogens with two attached hydrogens (primary N) is 1. The summed E-state index contributed by atoms with van der Waals surface area (Å²) >= 11 is 0. The van der Waals surface area contributed by atoms with Crippen LogP contribution in [0, 0.1) is 0 Å². The Labute approximate surface area is 161 Å². The molecule has 1 saturated carbocycles. The van der Waals surface area contributed by atoms with Crippen LogP contribution in [0.2, 0.25) is 0 Å². The zero-order valence-corrected chi connectivity index (χ0v) is 16.4. The van der Waals surface area contributed by atoms with Crippen molar-refractivity contribution in [3.8, 4) is 0 Å². The molecule has 0 atom stereocenters. The van der Waals surface area contributed by atoms with Gasteiger partial charge in [0.15, 0.2) is 9.84 Å². The van der Waals surface area contributed by atoms with Gasteiger partial charge in [-0.25, -0.2) is 8.42 Å². The maximum Gasteiger partial charge on any atom is 0.244 e. The summed E-state index contributed by atoms with van der Waals surface area (Å²) in [4.78, 5) is 14.4.